The van der Waals surface area contributed by atoms with Gasteiger partial charge in [0.25, 0.3) is 0 Å². The Morgan fingerprint density at radius 3 is 1.80 bits per heavy atom. The molecule has 0 fully saturated rings. The SMILES string of the molecule is COc1ccc2sc3c(ccc4c5cc(-c6ccccc6)ccc5n(-c5nc(-c6ccccc6)nc(-c6ccccc6)n5)c43)c2c1. The number of hydrogen-bond acceptors (Lipinski definition) is 5. The van der Waals surface area contributed by atoms with Gasteiger partial charge in [0.1, 0.15) is 5.75 Å². The van der Waals surface area contributed by atoms with Crippen LogP contribution in [-0.4, -0.2) is 26.6 Å². The van der Waals surface area contributed by atoms with Crippen LogP contribution in [0.25, 0.3) is 81.8 Å². The molecule has 9 aromatic rings. The van der Waals surface area contributed by atoms with E-state index in [0.29, 0.717) is 17.6 Å². The van der Waals surface area contributed by atoms with Crippen LogP contribution in [0.4, 0.5) is 0 Å². The van der Waals surface area contributed by atoms with Gasteiger partial charge in [-0.2, -0.15) is 9.97 Å². The maximum atomic E-state index is 5.61. The number of benzene rings is 6. The van der Waals surface area contributed by atoms with Crippen molar-refractivity contribution in [2.45, 2.75) is 0 Å². The second kappa shape index (κ2) is 10.6. The van der Waals surface area contributed by atoms with Crippen LogP contribution in [-0.2, 0) is 0 Å². The molecule has 6 heteroatoms. The summed E-state index contributed by atoms with van der Waals surface area (Å²) in [5.74, 6) is 2.70. The first-order chi connectivity index (χ1) is 22.7. The third kappa shape index (κ3) is 4.26. The summed E-state index contributed by atoms with van der Waals surface area (Å²) >= 11 is 1.79. The summed E-state index contributed by atoms with van der Waals surface area (Å²) in [4.78, 5) is 15.3. The molecule has 0 unspecified atom stereocenters. The molecule has 5 nitrogen and oxygen atoms in total. The van der Waals surface area contributed by atoms with Crippen LogP contribution in [0.15, 0.2) is 140 Å². The van der Waals surface area contributed by atoms with E-state index in [0.717, 1.165) is 38.7 Å². The minimum Gasteiger partial charge on any atom is -0.497 e. The molecule has 0 N–H and O–H groups in total. The van der Waals surface area contributed by atoms with Gasteiger partial charge in [-0.3, -0.25) is 4.57 Å². The number of thiophene rings is 1. The Morgan fingerprint density at radius 2 is 1.15 bits per heavy atom. The average molecular weight is 611 g/mol. The summed E-state index contributed by atoms with van der Waals surface area (Å²) in [6.07, 6.45) is 0. The summed E-state index contributed by atoms with van der Waals surface area (Å²) in [6.45, 7) is 0. The van der Waals surface area contributed by atoms with E-state index in [-0.39, 0.29) is 0 Å². The minimum atomic E-state index is 0.586. The van der Waals surface area contributed by atoms with Crippen molar-refractivity contribution in [3.05, 3.63) is 140 Å². The number of nitrogens with zero attached hydrogens (tertiary/aromatic N) is 4. The first-order valence-electron chi connectivity index (χ1n) is 15.2. The zero-order valence-electron chi connectivity index (χ0n) is 24.9. The van der Waals surface area contributed by atoms with Crippen molar-refractivity contribution in [1.29, 1.82) is 0 Å². The highest BCUT2D eigenvalue weighted by Gasteiger charge is 2.22. The van der Waals surface area contributed by atoms with E-state index in [4.69, 9.17) is 19.7 Å². The van der Waals surface area contributed by atoms with Gasteiger partial charge in [0.2, 0.25) is 5.95 Å². The molecule has 0 aliphatic heterocycles. The Kier molecular flexibility index (Phi) is 6.14. The molecule has 3 heterocycles. The van der Waals surface area contributed by atoms with Crippen molar-refractivity contribution in [3.63, 3.8) is 0 Å². The van der Waals surface area contributed by atoms with Crippen LogP contribution in [0, 0.1) is 0 Å². The molecule has 0 amide bonds. The summed E-state index contributed by atoms with van der Waals surface area (Å²) in [5.41, 5.74) is 6.35. The highest BCUT2D eigenvalue weighted by Crippen LogP contribution is 2.44. The molecule has 218 valence electrons. The van der Waals surface area contributed by atoms with Crippen molar-refractivity contribution < 1.29 is 4.74 Å². The largest absolute Gasteiger partial charge is 0.497 e. The van der Waals surface area contributed by atoms with Crippen molar-refractivity contribution in [2.75, 3.05) is 7.11 Å². The smallest absolute Gasteiger partial charge is 0.238 e. The van der Waals surface area contributed by atoms with Gasteiger partial charge in [0.15, 0.2) is 11.6 Å². The highest BCUT2D eigenvalue weighted by atomic mass is 32.1. The fourth-order valence-corrected chi connectivity index (χ4v) is 7.57. The van der Waals surface area contributed by atoms with E-state index in [1.165, 1.54) is 31.3 Å². The van der Waals surface area contributed by atoms with E-state index < -0.39 is 0 Å². The topological polar surface area (TPSA) is 52.8 Å². The normalized spacial score (nSPS) is 11.6. The van der Waals surface area contributed by atoms with Crippen LogP contribution in [0.3, 0.4) is 0 Å². The quantitative estimate of drug-likeness (QED) is 0.195. The second-order valence-corrected chi connectivity index (χ2v) is 12.3. The van der Waals surface area contributed by atoms with E-state index in [1.807, 2.05) is 66.7 Å². The Balaban J connectivity index is 1.41. The third-order valence-corrected chi connectivity index (χ3v) is 9.76. The van der Waals surface area contributed by atoms with E-state index in [1.54, 1.807) is 18.4 Å². The van der Waals surface area contributed by atoms with E-state index in [9.17, 15) is 0 Å². The zero-order valence-corrected chi connectivity index (χ0v) is 25.7. The summed E-state index contributed by atoms with van der Waals surface area (Å²) in [6, 6.07) is 48.3. The standard InChI is InChI=1S/C40H26N4OS/c1-45-29-18-22-35-33(24-29)31-20-19-30-32-23-28(25-11-5-2-6-12-25)17-21-34(32)44(36(30)37(31)46-35)40-42-38(26-13-7-3-8-14-26)41-39(43-40)27-15-9-4-10-16-27/h2-24H,1H3. The number of rotatable bonds is 5. The molecule has 9 rings (SSSR count). The number of ether oxygens (including phenoxy) is 1. The lowest BCUT2D eigenvalue weighted by molar-refractivity contribution is 0.415. The number of fused-ring (bicyclic) bond motifs is 7. The first-order valence-corrected chi connectivity index (χ1v) is 16.0. The molecule has 0 saturated heterocycles. The first kappa shape index (κ1) is 26.5. The maximum Gasteiger partial charge on any atom is 0.238 e. The molecule has 0 atom stereocenters. The molecule has 3 aromatic heterocycles. The predicted octanol–water partition coefficient (Wildman–Crippen LogP) is 10.3. The molecule has 0 saturated carbocycles. The summed E-state index contributed by atoms with van der Waals surface area (Å²) in [5, 5.41) is 4.66. The highest BCUT2D eigenvalue weighted by molar-refractivity contribution is 7.26. The molecular formula is C40H26N4OS. The molecular weight excluding hydrogens is 585 g/mol. The average Bonchev–Trinajstić information content (AvgIpc) is 3.67. The number of hydrogen-bond donors (Lipinski definition) is 0. The lowest BCUT2D eigenvalue weighted by atomic mass is 10.0. The van der Waals surface area contributed by atoms with Crippen LogP contribution >= 0.6 is 11.3 Å². The Labute approximate surface area is 269 Å². The van der Waals surface area contributed by atoms with Gasteiger partial charge in [0, 0.05) is 37.4 Å². The van der Waals surface area contributed by atoms with Crippen molar-refractivity contribution in [2.24, 2.45) is 0 Å². The van der Waals surface area contributed by atoms with Gasteiger partial charge in [-0.25, -0.2) is 4.98 Å². The zero-order chi connectivity index (χ0) is 30.6. The molecule has 0 bridgehead atoms. The van der Waals surface area contributed by atoms with Crippen LogP contribution in [0.1, 0.15) is 0 Å². The van der Waals surface area contributed by atoms with Crippen molar-refractivity contribution >= 4 is 53.3 Å². The number of aromatic nitrogens is 4. The Hall–Kier alpha value is -5.85. The minimum absolute atomic E-state index is 0.586. The molecule has 0 aliphatic rings. The van der Waals surface area contributed by atoms with Crippen LogP contribution < -0.4 is 4.74 Å². The van der Waals surface area contributed by atoms with E-state index in [2.05, 4.69) is 77.4 Å². The fraction of sp³-hybridized carbons (Fsp3) is 0.0250. The molecule has 0 aliphatic carbocycles. The summed E-state index contributed by atoms with van der Waals surface area (Å²) < 4.78 is 10.2. The molecule has 46 heavy (non-hydrogen) atoms. The number of methoxy groups -OCH3 is 1. The van der Waals surface area contributed by atoms with Gasteiger partial charge in [-0.1, -0.05) is 109 Å². The predicted molar refractivity (Wildman–Crippen MR) is 190 cm³/mol. The maximum absolute atomic E-state index is 5.61. The van der Waals surface area contributed by atoms with Gasteiger partial charge < -0.3 is 4.74 Å². The van der Waals surface area contributed by atoms with E-state index >= 15 is 0 Å². The van der Waals surface area contributed by atoms with Crippen molar-refractivity contribution in [3.8, 4) is 45.6 Å². The summed E-state index contributed by atoms with van der Waals surface area (Å²) in [7, 11) is 1.71. The second-order valence-electron chi connectivity index (χ2n) is 11.3. The van der Waals surface area contributed by atoms with Gasteiger partial charge in [-0.15, -0.1) is 11.3 Å². The van der Waals surface area contributed by atoms with Crippen LogP contribution in [0.5, 0.6) is 5.75 Å². The Morgan fingerprint density at radius 1 is 0.522 bits per heavy atom. The third-order valence-electron chi connectivity index (χ3n) is 8.57. The molecule has 0 spiro atoms. The lowest BCUT2D eigenvalue weighted by Gasteiger charge is -2.11. The van der Waals surface area contributed by atoms with Crippen LogP contribution in [0.2, 0.25) is 0 Å². The fourth-order valence-electron chi connectivity index (χ4n) is 6.35. The Bertz CT molecular complexity index is 2500. The molecule has 6 aromatic carbocycles. The van der Waals surface area contributed by atoms with Crippen molar-refractivity contribution in [1.82, 2.24) is 19.5 Å². The van der Waals surface area contributed by atoms with Gasteiger partial charge in [-0.05, 0) is 41.5 Å². The molecule has 0 radical (unpaired) electrons. The van der Waals surface area contributed by atoms with Gasteiger partial charge >= 0.3 is 0 Å². The van der Waals surface area contributed by atoms with Gasteiger partial charge in [0.05, 0.1) is 22.8 Å². The lowest BCUT2D eigenvalue weighted by Crippen LogP contribution is -2.06. The monoisotopic (exact) mass is 610 g/mol.